The molecule has 6 heteroatoms. The lowest BCUT2D eigenvalue weighted by molar-refractivity contribution is -0.138. The van der Waals surface area contributed by atoms with Crippen molar-refractivity contribution < 1.29 is 30.0 Å². The lowest BCUT2D eigenvalue weighted by Crippen LogP contribution is -1.93. The molecule has 1 aromatic rings. The second-order valence-corrected chi connectivity index (χ2v) is 7.34. The van der Waals surface area contributed by atoms with Crippen molar-refractivity contribution in [3.63, 3.8) is 0 Å². The summed E-state index contributed by atoms with van der Waals surface area (Å²) in [7, 11) is 0. The van der Waals surface area contributed by atoms with E-state index in [1.165, 1.54) is 69.6 Å². The van der Waals surface area contributed by atoms with Crippen LogP contribution in [0.25, 0.3) is 0 Å². The molecule has 1 rings (SSSR count). The third-order valence-corrected chi connectivity index (χ3v) is 4.32. The summed E-state index contributed by atoms with van der Waals surface area (Å²) in [6.45, 7) is 4.36. The van der Waals surface area contributed by atoms with Crippen molar-refractivity contribution in [1.29, 1.82) is 0 Å². The first kappa shape index (κ1) is 30.0. The molecule has 6 nitrogen and oxygen atoms in total. The van der Waals surface area contributed by atoms with Gasteiger partial charge in [-0.3, -0.25) is 9.59 Å². The number of unbranched alkanes of at least 4 members (excludes halogenated alkanes) is 10. The molecule has 0 unspecified atom stereocenters. The van der Waals surface area contributed by atoms with Gasteiger partial charge in [0.05, 0.1) is 0 Å². The van der Waals surface area contributed by atoms with Crippen molar-refractivity contribution in [1.82, 2.24) is 0 Å². The highest BCUT2D eigenvalue weighted by Crippen LogP contribution is 2.14. The molecule has 0 spiro atoms. The molecule has 0 fully saturated rings. The molecule has 4 N–H and O–H groups in total. The van der Waals surface area contributed by atoms with Gasteiger partial charge in [0.1, 0.15) is 11.5 Å². The van der Waals surface area contributed by atoms with Crippen LogP contribution in [0.2, 0.25) is 0 Å². The third-order valence-electron chi connectivity index (χ3n) is 4.32. The molecule has 174 valence electrons. The van der Waals surface area contributed by atoms with E-state index in [1.54, 1.807) is 6.07 Å². The van der Waals surface area contributed by atoms with E-state index in [2.05, 4.69) is 13.8 Å². The van der Waals surface area contributed by atoms with Gasteiger partial charge in [-0.2, -0.15) is 0 Å². The fourth-order valence-electron chi connectivity index (χ4n) is 2.61. The molecule has 0 amide bonds. The number of hydrogen-bond acceptors (Lipinski definition) is 4. The number of benzene rings is 1. The highest BCUT2D eigenvalue weighted by molar-refractivity contribution is 5.66. The topological polar surface area (TPSA) is 115 Å². The molecule has 0 radical (unpaired) electrons. The Kier molecular flexibility index (Phi) is 23.0. The number of aromatic hydroxyl groups is 2. The van der Waals surface area contributed by atoms with E-state index in [1.807, 2.05) is 0 Å². The first-order chi connectivity index (χ1) is 14.3. The van der Waals surface area contributed by atoms with Crippen molar-refractivity contribution in [2.75, 3.05) is 0 Å². The van der Waals surface area contributed by atoms with Gasteiger partial charge in [0.2, 0.25) is 0 Å². The molecule has 0 aliphatic rings. The Hall–Kier alpha value is -2.24. The van der Waals surface area contributed by atoms with Crippen LogP contribution >= 0.6 is 0 Å². The summed E-state index contributed by atoms with van der Waals surface area (Å²) in [4.78, 5) is 20.2. The standard InChI is InChI=1S/2C9H18O2.C6H6O2/c2*1-2-3-4-5-6-7-8-9(10)11;7-5-2-1-3-6(8)4-5/h2*2-8H2,1H3,(H,10,11);1-4,7-8H. The van der Waals surface area contributed by atoms with Gasteiger partial charge in [-0.05, 0) is 25.0 Å². The monoisotopic (exact) mass is 426 g/mol. The highest BCUT2D eigenvalue weighted by Gasteiger charge is 1.96. The summed E-state index contributed by atoms with van der Waals surface area (Å²) in [6, 6.07) is 5.85. The summed E-state index contributed by atoms with van der Waals surface area (Å²) in [5.41, 5.74) is 0. The van der Waals surface area contributed by atoms with Gasteiger partial charge < -0.3 is 20.4 Å². The minimum Gasteiger partial charge on any atom is -0.508 e. The zero-order valence-electron chi connectivity index (χ0n) is 18.8. The van der Waals surface area contributed by atoms with Crippen LogP contribution in [-0.4, -0.2) is 32.4 Å². The lowest BCUT2D eigenvalue weighted by atomic mass is 10.1. The number of hydrogen-bond donors (Lipinski definition) is 4. The van der Waals surface area contributed by atoms with E-state index in [4.69, 9.17) is 20.4 Å². The van der Waals surface area contributed by atoms with E-state index in [0.29, 0.717) is 12.8 Å². The van der Waals surface area contributed by atoms with Crippen LogP contribution in [0.15, 0.2) is 24.3 Å². The molecule has 0 heterocycles. The fraction of sp³-hybridized carbons (Fsp3) is 0.667. The van der Waals surface area contributed by atoms with Crippen molar-refractivity contribution in [3.05, 3.63) is 24.3 Å². The van der Waals surface area contributed by atoms with Crippen molar-refractivity contribution >= 4 is 11.9 Å². The van der Waals surface area contributed by atoms with Gasteiger partial charge in [-0.25, -0.2) is 0 Å². The second-order valence-electron chi connectivity index (χ2n) is 7.34. The maximum absolute atomic E-state index is 10.1. The van der Waals surface area contributed by atoms with Gasteiger partial charge in [0, 0.05) is 18.9 Å². The number of phenols is 2. The SMILES string of the molecule is CCCCCCCCC(=O)O.CCCCCCCCC(=O)O.Oc1cccc(O)c1. The minimum atomic E-state index is -0.666. The summed E-state index contributed by atoms with van der Waals surface area (Å²) in [5, 5.41) is 33.9. The normalized spacial score (nSPS) is 9.67. The molecule has 0 aliphatic carbocycles. The Balaban J connectivity index is 0. The minimum absolute atomic E-state index is 0.0880. The first-order valence-corrected chi connectivity index (χ1v) is 11.2. The maximum Gasteiger partial charge on any atom is 0.303 e. The quantitative estimate of drug-likeness (QED) is 0.245. The Morgan fingerprint density at radius 1 is 0.633 bits per heavy atom. The summed E-state index contributed by atoms with van der Waals surface area (Å²) in [5.74, 6) is -1.16. The maximum atomic E-state index is 10.1. The molecular formula is C24H42O6. The van der Waals surface area contributed by atoms with Crippen LogP contribution in [-0.2, 0) is 9.59 Å². The Morgan fingerprint density at radius 3 is 1.23 bits per heavy atom. The van der Waals surface area contributed by atoms with Crippen LogP contribution in [0.1, 0.15) is 104 Å². The van der Waals surface area contributed by atoms with Crippen molar-refractivity contribution in [2.24, 2.45) is 0 Å². The molecule has 0 aliphatic heterocycles. The van der Waals surface area contributed by atoms with Gasteiger partial charge >= 0.3 is 11.9 Å². The smallest absolute Gasteiger partial charge is 0.303 e. The second kappa shape index (κ2) is 23.0. The number of carbonyl (C=O) groups is 2. The Labute approximate surface area is 182 Å². The molecule has 0 saturated heterocycles. The number of carboxylic acids is 2. The van der Waals surface area contributed by atoms with Crippen LogP contribution < -0.4 is 0 Å². The van der Waals surface area contributed by atoms with Crippen LogP contribution in [0.4, 0.5) is 0 Å². The summed E-state index contributed by atoms with van der Waals surface area (Å²) >= 11 is 0. The first-order valence-electron chi connectivity index (χ1n) is 11.2. The molecule has 0 saturated carbocycles. The summed E-state index contributed by atoms with van der Waals surface area (Å²) < 4.78 is 0. The zero-order chi connectivity index (χ0) is 23.0. The predicted molar refractivity (Wildman–Crippen MR) is 121 cm³/mol. The van der Waals surface area contributed by atoms with Crippen molar-refractivity contribution in [2.45, 2.75) is 104 Å². The Morgan fingerprint density at radius 2 is 0.967 bits per heavy atom. The lowest BCUT2D eigenvalue weighted by Gasteiger charge is -1.97. The van der Waals surface area contributed by atoms with Gasteiger partial charge in [0.25, 0.3) is 0 Å². The van der Waals surface area contributed by atoms with E-state index in [-0.39, 0.29) is 11.5 Å². The zero-order valence-corrected chi connectivity index (χ0v) is 18.8. The van der Waals surface area contributed by atoms with Crippen molar-refractivity contribution in [3.8, 4) is 11.5 Å². The van der Waals surface area contributed by atoms with E-state index < -0.39 is 11.9 Å². The van der Waals surface area contributed by atoms with Gasteiger partial charge in [0.15, 0.2) is 0 Å². The number of carboxylic acid groups (broad SMARTS) is 2. The molecular weight excluding hydrogens is 384 g/mol. The third kappa shape index (κ3) is 28.0. The average molecular weight is 427 g/mol. The summed E-state index contributed by atoms with van der Waals surface area (Å²) in [6.07, 6.45) is 14.5. The number of phenolic OH excluding ortho intramolecular Hbond substituents is 2. The predicted octanol–water partition coefficient (Wildman–Crippen LogP) is 6.74. The number of aliphatic carboxylic acids is 2. The molecule has 0 atom stereocenters. The highest BCUT2D eigenvalue weighted by atomic mass is 16.4. The van der Waals surface area contributed by atoms with E-state index >= 15 is 0 Å². The number of rotatable bonds is 14. The fourth-order valence-corrected chi connectivity index (χ4v) is 2.61. The average Bonchev–Trinajstić information content (AvgIpc) is 2.68. The largest absolute Gasteiger partial charge is 0.508 e. The van der Waals surface area contributed by atoms with Gasteiger partial charge in [-0.1, -0.05) is 84.1 Å². The molecule has 30 heavy (non-hydrogen) atoms. The van der Waals surface area contributed by atoms with Crippen LogP contribution in [0.5, 0.6) is 11.5 Å². The molecule has 0 aromatic heterocycles. The molecule has 1 aromatic carbocycles. The van der Waals surface area contributed by atoms with Crippen LogP contribution in [0.3, 0.4) is 0 Å². The van der Waals surface area contributed by atoms with E-state index in [0.717, 1.165) is 25.7 Å². The van der Waals surface area contributed by atoms with E-state index in [9.17, 15) is 9.59 Å². The van der Waals surface area contributed by atoms with Crippen LogP contribution in [0, 0.1) is 0 Å². The Bertz CT molecular complexity index is 487. The molecule has 0 bridgehead atoms. The van der Waals surface area contributed by atoms with Gasteiger partial charge in [-0.15, -0.1) is 0 Å².